The fourth-order valence-corrected chi connectivity index (χ4v) is 6.37. The van der Waals surface area contributed by atoms with Crippen molar-refractivity contribution in [3.8, 4) is 11.5 Å². The molecule has 3 heterocycles. The Morgan fingerprint density at radius 3 is 2.67 bits per heavy atom. The average Bonchev–Trinajstić information content (AvgIpc) is 3.67. The number of hydrogen-bond donors (Lipinski definition) is 0. The normalized spacial score (nSPS) is 18.4. The van der Waals surface area contributed by atoms with Crippen molar-refractivity contribution in [3.63, 3.8) is 0 Å². The standard InChI is InChI=1S/C32H38N2O5S/c1-22(2)23-9-11-25(12-10-23)39-21-29-28-14-17-40-30(28)13-15-34(29)31(35)20-33(19-27-8-5-16-38-27)32(36)24-6-4-7-26(18-24)37-3/h4,6-7,9-12,14,17-18,22,27,29H,5,8,13,15-16,19-21H2,1-3H3/t27-,29+/m0/s1. The first-order chi connectivity index (χ1) is 19.4. The van der Waals surface area contributed by atoms with Gasteiger partial charge in [0.05, 0.1) is 19.3 Å². The molecule has 40 heavy (non-hydrogen) atoms. The summed E-state index contributed by atoms with van der Waals surface area (Å²) in [7, 11) is 1.58. The number of benzene rings is 2. The van der Waals surface area contributed by atoms with Gasteiger partial charge >= 0.3 is 0 Å². The highest BCUT2D eigenvalue weighted by Crippen LogP contribution is 2.34. The summed E-state index contributed by atoms with van der Waals surface area (Å²) in [5.41, 5.74) is 2.89. The smallest absolute Gasteiger partial charge is 0.254 e. The zero-order valence-corrected chi connectivity index (χ0v) is 24.3. The van der Waals surface area contributed by atoms with Gasteiger partial charge in [-0.15, -0.1) is 11.3 Å². The molecule has 7 nitrogen and oxygen atoms in total. The molecule has 0 unspecified atom stereocenters. The lowest BCUT2D eigenvalue weighted by atomic mass is 10.00. The van der Waals surface area contributed by atoms with E-state index in [4.69, 9.17) is 14.2 Å². The van der Waals surface area contributed by atoms with Gasteiger partial charge in [-0.1, -0.05) is 32.0 Å². The second-order valence-corrected chi connectivity index (χ2v) is 11.7. The number of carbonyl (C=O) groups excluding carboxylic acids is 2. The van der Waals surface area contributed by atoms with Crippen LogP contribution >= 0.6 is 11.3 Å². The number of methoxy groups -OCH3 is 1. The minimum absolute atomic E-state index is 0.0189. The van der Waals surface area contributed by atoms with Crippen LogP contribution < -0.4 is 9.47 Å². The van der Waals surface area contributed by atoms with Gasteiger partial charge in [0.25, 0.3) is 5.91 Å². The van der Waals surface area contributed by atoms with Crippen molar-refractivity contribution in [2.45, 2.75) is 51.2 Å². The maximum atomic E-state index is 13.9. The van der Waals surface area contributed by atoms with Gasteiger partial charge in [-0.05, 0) is 78.1 Å². The van der Waals surface area contributed by atoms with Crippen LogP contribution in [0.4, 0.5) is 0 Å². The lowest BCUT2D eigenvalue weighted by molar-refractivity contribution is -0.135. The summed E-state index contributed by atoms with van der Waals surface area (Å²) in [4.78, 5) is 32.4. The van der Waals surface area contributed by atoms with Crippen LogP contribution in [0, 0.1) is 0 Å². The van der Waals surface area contributed by atoms with Crippen molar-refractivity contribution in [3.05, 3.63) is 81.5 Å². The van der Waals surface area contributed by atoms with E-state index in [-0.39, 0.29) is 30.5 Å². The minimum atomic E-state index is -0.219. The summed E-state index contributed by atoms with van der Waals surface area (Å²) in [5.74, 6) is 1.55. The predicted molar refractivity (Wildman–Crippen MR) is 156 cm³/mol. The molecule has 212 valence electrons. The molecule has 0 bridgehead atoms. The van der Waals surface area contributed by atoms with E-state index < -0.39 is 0 Å². The second kappa shape index (κ2) is 12.9. The molecular weight excluding hydrogens is 524 g/mol. The molecule has 2 amide bonds. The molecule has 0 spiro atoms. The average molecular weight is 563 g/mol. The van der Waals surface area contributed by atoms with Gasteiger partial charge in [-0.3, -0.25) is 9.59 Å². The van der Waals surface area contributed by atoms with Crippen LogP contribution in [0.5, 0.6) is 11.5 Å². The summed E-state index contributed by atoms with van der Waals surface area (Å²) < 4.78 is 17.4. The second-order valence-electron chi connectivity index (χ2n) is 10.7. The number of thiophene rings is 1. The number of amides is 2. The maximum Gasteiger partial charge on any atom is 0.254 e. The van der Waals surface area contributed by atoms with Gasteiger partial charge in [0.1, 0.15) is 24.7 Å². The van der Waals surface area contributed by atoms with E-state index in [1.54, 1.807) is 47.6 Å². The summed E-state index contributed by atoms with van der Waals surface area (Å²) in [5, 5.41) is 2.08. The zero-order valence-electron chi connectivity index (χ0n) is 23.5. The van der Waals surface area contributed by atoms with E-state index in [1.807, 2.05) is 17.0 Å². The van der Waals surface area contributed by atoms with Crippen LogP contribution in [0.25, 0.3) is 0 Å². The molecule has 3 aromatic rings. The Morgan fingerprint density at radius 1 is 1.12 bits per heavy atom. The Kier molecular flexibility index (Phi) is 9.07. The fourth-order valence-electron chi connectivity index (χ4n) is 5.44. The molecule has 2 atom stereocenters. The van der Waals surface area contributed by atoms with Crippen molar-refractivity contribution >= 4 is 23.2 Å². The summed E-state index contributed by atoms with van der Waals surface area (Å²) in [6.45, 7) is 6.32. The van der Waals surface area contributed by atoms with Crippen LogP contribution in [-0.2, 0) is 16.0 Å². The highest BCUT2D eigenvalue weighted by Gasteiger charge is 2.34. The number of hydrogen-bond acceptors (Lipinski definition) is 6. The van der Waals surface area contributed by atoms with E-state index in [2.05, 4.69) is 37.4 Å². The molecule has 1 fully saturated rings. The minimum Gasteiger partial charge on any atom is -0.497 e. The Labute approximate surface area is 240 Å². The van der Waals surface area contributed by atoms with Gasteiger partial charge in [0, 0.05) is 30.1 Å². The summed E-state index contributed by atoms with van der Waals surface area (Å²) >= 11 is 1.72. The van der Waals surface area contributed by atoms with E-state index in [0.717, 1.165) is 30.6 Å². The highest BCUT2D eigenvalue weighted by molar-refractivity contribution is 7.10. The highest BCUT2D eigenvalue weighted by atomic mass is 32.1. The Bertz CT molecular complexity index is 1300. The van der Waals surface area contributed by atoms with Crippen LogP contribution in [0.2, 0.25) is 0 Å². The SMILES string of the molecule is COc1cccc(C(=O)N(CC(=O)N2CCc3sccc3[C@H]2COc2ccc(C(C)C)cc2)C[C@@H]2CCCO2)c1. The van der Waals surface area contributed by atoms with Crippen LogP contribution in [0.15, 0.2) is 60.0 Å². The lowest BCUT2D eigenvalue weighted by Crippen LogP contribution is -2.49. The molecule has 1 saturated heterocycles. The van der Waals surface area contributed by atoms with Crippen LogP contribution in [-0.4, -0.2) is 67.7 Å². The van der Waals surface area contributed by atoms with Crippen molar-refractivity contribution in [1.82, 2.24) is 9.80 Å². The first-order valence-corrected chi connectivity index (χ1v) is 14.9. The molecule has 5 rings (SSSR count). The Morgan fingerprint density at radius 2 is 1.95 bits per heavy atom. The van der Waals surface area contributed by atoms with Gasteiger partial charge in [-0.25, -0.2) is 0 Å². The molecule has 1 aromatic heterocycles. The quantitative estimate of drug-likeness (QED) is 0.317. The topological polar surface area (TPSA) is 68.3 Å². The predicted octanol–water partition coefficient (Wildman–Crippen LogP) is 5.71. The maximum absolute atomic E-state index is 13.9. The van der Waals surface area contributed by atoms with Gasteiger partial charge < -0.3 is 24.0 Å². The first kappa shape index (κ1) is 28.2. The third-order valence-corrected chi connectivity index (χ3v) is 8.74. The first-order valence-electron chi connectivity index (χ1n) is 14.1. The monoisotopic (exact) mass is 562 g/mol. The molecule has 0 aliphatic carbocycles. The van der Waals surface area contributed by atoms with Crippen molar-refractivity contribution in [1.29, 1.82) is 0 Å². The third-order valence-electron chi connectivity index (χ3n) is 7.75. The van der Waals surface area contributed by atoms with E-state index in [1.165, 1.54) is 10.4 Å². The zero-order chi connectivity index (χ0) is 28.1. The molecule has 2 aromatic carbocycles. The van der Waals surface area contributed by atoms with E-state index in [9.17, 15) is 9.59 Å². The number of carbonyl (C=O) groups is 2. The molecular formula is C32H38N2O5S. The van der Waals surface area contributed by atoms with Gasteiger partial charge in [0.15, 0.2) is 0 Å². The molecule has 2 aliphatic heterocycles. The Balaban J connectivity index is 1.34. The van der Waals surface area contributed by atoms with Gasteiger partial charge in [-0.2, -0.15) is 0 Å². The molecule has 0 radical (unpaired) electrons. The molecule has 0 N–H and O–H groups in total. The third kappa shape index (κ3) is 6.50. The largest absolute Gasteiger partial charge is 0.497 e. The number of fused-ring (bicyclic) bond motifs is 1. The summed E-state index contributed by atoms with van der Waals surface area (Å²) in [6.07, 6.45) is 2.57. The van der Waals surface area contributed by atoms with E-state index in [0.29, 0.717) is 43.5 Å². The molecule has 2 aliphatic rings. The lowest BCUT2D eigenvalue weighted by Gasteiger charge is -2.37. The van der Waals surface area contributed by atoms with Crippen molar-refractivity contribution in [2.75, 3.05) is 40.0 Å². The number of rotatable bonds is 10. The number of nitrogens with zero attached hydrogens (tertiary/aromatic N) is 2. The van der Waals surface area contributed by atoms with Crippen LogP contribution in [0.3, 0.4) is 0 Å². The Hall–Kier alpha value is -3.36. The molecule has 8 heteroatoms. The van der Waals surface area contributed by atoms with Crippen molar-refractivity contribution in [2.24, 2.45) is 0 Å². The van der Waals surface area contributed by atoms with E-state index >= 15 is 0 Å². The van der Waals surface area contributed by atoms with Gasteiger partial charge in [0.2, 0.25) is 5.91 Å². The number of ether oxygens (including phenoxy) is 3. The summed E-state index contributed by atoms with van der Waals surface area (Å²) in [6, 6.07) is 17.1. The fraction of sp³-hybridized carbons (Fsp3) is 0.438. The van der Waals surface area contributed by atoms with Crippen LogP contribution in [0.1, 0.15) is 65.0 Å². The van der Waals surface area contributed by atoms with Crippen molar-refractivity contribution < 1.29 is 23.8 Å². The molecule has 0 saturated carbocycles.